The average Bonchev–Trinajstić information content (AvgIpc) is 2.48. The standard InChI is InChI=1S/C13H6Cl2F3NO4S/c14-5-2-1-3-7(10(5)15)19(24(22)23)8-4-6(16)11(17)9(12(8)18)13(20)21/h1-4,24H,(H,20,21). The van der Waals surface area contributed by atoms with Crippen LogP contribution in [0.25, 0.3) is 0 Å². The maximum absolute atomic E-state index is 14.3. The first-order valence-corrected chi connectivity index (χ1v) is 7.84. The van der Waals surface area contributed by atoms with E-state index in [0.717, 1.165) is 6.07 Å². The number of nitrogens with zero attached hydrogens (tertiary/aromatic N) is 1. The van der Waals surface area contributed by atoms with Crippen molar-refractivity contribution in [2.45, 2.75) is 0 Å². The van der Waals surface area contributed by atoms with E-state index >= 15 is 0 Å². The van der Waals surface area contributed by atoms with Gasteiger partial charge in [0.05, 0.1) is 21.4 Å². The second kappa shape index (κ2) is 6.88. The van der Waals surface area contributed by atoms with Crippen molar-refractivity contribution in [2.75, 3.05) is 4.31 Å². The molecule has 1 N–H and O–H groups in total. The van der Waals surface area contributed by atoms with E-state index in [9.17, 15) is 26.4 Å². The van der Waals surface area contributed by atoms with Gasteiger partial charge in [-0.15, -0.1) is 0 Å². The SMILES string of the molecule is O=C(O)c1c(F)c(F)cc(N(c2cccc(Cl)c2Cl)[SH](=O)=O)c1F. The summed E-state index contributed by atoms with van der Waals surface area (Å²) in [6, 6.07) is 3.93. The molecular formula is C13H6Cl2F3NO4S. The Kier molecular flexibility index (Phi) is 5.26. The van der Waals surface area contributed by atoms with Crippen LogP contribution >= 0.6 is 23.2 Å². The molecule has 0 aromatic heterocycles. The predicted molar refractivity (Wildman–Crippen MR) is 82.2 cm³/mol. The normalized spacial score (nSPS) is 10.9. The van der Waals surface area contributed by atoms with Crippen LogP contribution in [0.1, 0.15) is 10.4 Å². The molecule has 0 unspecified atom stereocenters. The molecule has 0 saturated carbocycles. The molecule has 0 spiro atoms. The molecule has 2 rings (SSSR count). The van der Waals surface area contributed by atoms with Gasteiger partial charge in [0.1, 0.15) is 5.56 Å². The van der Waals surface area contributed by atoms with E-state index in [4.69, 9.17) is 28.3 Å². The van der Waals surface area contributed by atoms with Crippen molar-refractivity contribution in [1.82, 2.24) is 0 Å². The number of rotatable bonds is 4. The van der Waals surface area contributed by atoms with Crippen molar-refractivity contribution in [3.05, 3.63) is 57.3 Å². The number of hydrogen-bond acceptors (Lipinski definition) is 3. The van der Waals surface area contributed by atoms with Crippen molar-refractivity contribution < 1.29 is 31.5 Å². The molecule has 0 bridgehead atoms. The molecule has 0 radical (unpaired) electrons. The van der Waals surface area contributed by atoms with Crippen molar-refractivity contribution >= 4 is 51.4 Å². The molecule has 0 heterocycles. The molecule has 24 heavy (non-hydrogen) atoms. The molecule has 0 aliphatic heterocycles. The van der Waals surface area contributed by atoms with Crippen LogP contribution < -0.4 is 4.31 Å². The van der Waals surface area contributed by atoms with Crippen LogP contribution in [0, 0.1) is 17.5 Å². The molecule has 11 heteroatoms. The lowest BCUT2D eigenvalue weighted by atomic mass is 10.1. The van der Waals surface area contributed by atoms with Gasteiger partial charge >= 0.3 is 5.97 Å². The monoisotopic (exact) mass is 399 g/mol. The molecule has 0 amide bonds. The van der Waals surface area contributed by atoms with Crippen molar-refractivity contribution in [3.63, 3.8) is 0 Å². The van der Waals surface area contributed by atoms with E-state index in [1.807, 2.05) is 0 Å². The highest BCUT2D eigenvalue weighted by Gasteiger charge is 2.29. The van der Waals surface area contributed by atoms with Crippen LogP contribution in [0.3, 0.4) is 0 Å². The summed E-state index contributed by atoms with van der Waals surface area (Å²) in [7, 11) is -3.65. The minimum absolute atomic E-state index is 0.0857. The quantitative estimate of drug-likeness (QED) is 0.605. The highest BCUT2D eigenvalue weighted by atomic mass is 35.5. The van der Waals surface area contributed by atoms with Crippen LogP contribution in [0.5, 0.6) is 0 Å². The lowest BCUT2D eigenvalue weighted by Crippen LogP contribution is -2.19. The van der Waals surface area contributed by atoms with E-state index in [1.165, 1.54) is 12.1 Å². The molecule has 128 valence electrons. The Bertz CT molecular complexity index is 913. The van der Waals surface area contributed by atoms with Crippen LogP contribution in [-0.2, 0) is 10.9 Å². The first kappa shape index (κ1) is 18.4. The summed E-state index contributed by atoms with van der Waals surface area (Å²) in [6.07, 6.45) is 0. The highest BCUT2D eigenvalue weighted by molar-refractivity contribution is 7.74. The zero-order valence-corrected chi connectivity index (χ0v) is 13.7. The van der Waals surface area contributed by atoms with Crippen LogP contribution in [0.15, 0.2) is 24.3 Å². The molecule has 0 saturated heterocycles. The molecule has 0 atom stereocenters. The Morgan fingerprint density at radius 1 is 1.08 bits per heavy atom. The summed E-state index contributed by atoms with van der Waals surface area (Å²) in [5.74, 6) is -7.59. The number of carboxylic acid groups (broad SMARTS) is 1. The Balaban J connectivity index is 2.84. The molecule has 0 aliphatic rings. The third kappa shape index (κ3) is 3.14. The number of thiol groups is 1. The zero-order chi connectivity index (χ0) is 18.2. The average molecular weight is 400 g/mol. The van der Waals surface area contributed by atoms with Gasteiger partial charge in [-0.25, -0.2) is 30.7 Å². The van der Waals surface area contributed by atoms with Gasteiger partial charge in [0, 0.05) is 6.07 Å². The first-order valence-electron chi connectivity index (χ1n) is 5.96. The van der Waals surface area contributed by atoms with Gasteiger partial charge < -0.3 is 5.11 Å². The third-order valence-electron chi connectivity index (χ3n) is 2.90. The second-order valence-corrected chi connectivity index (χ2v) is 5.97. The number of halogens is 5. The lowest BCUT2D eigenvalue weighted by molar-refractivity contribution is 0.0685. The van der Waals surface area contributed by atoms with Crippen LogP contribution in [0.2, 0.25) is 10.0 Å². The van der Waals surface area contributed by atoms with Crippen molar-refractivity contribution in [1.29, 1.82) is 0 Å². The minimum Gasteiger partial charge on any atom is -0.477 e. The Morgan fingerprint density at radius 3 is 2.25 bits per heavy atom. The summed E-state index contributed by atoms with van der Waals surface area (Å²) < 4.78 is 64.7. The molecule has 0 fully saturated rings. The summed E-state index contributed by atoms with van der Waals surface area (Å²) >= 11 is 11.6. The minimum atomic E-state index is -3.65. The lowest BCUT2D eigenvalue weighted by Gasteiger charge is -2.21. The van der Waals surface area contributed by atoms with E-state index in [0.29, 0.717) is 0 Å². The Labute approximate surface area is 144 Å². The number of aromatic carboxylic acids is 1. The number of benzene rings is 2. The Hall–Kier alpha value is -1.97. The van der Waals surface area contributed by atoms with Gasteiger partial charge in [-0.1, -0.05) is 29.3 Å². The summed E-state index contributed by atoms with van der Waals surface area (Å²) in [5, 5.41) is 8.43. The second-order valence-electron chi connectivity index (χ2n) is 4.31. The third-order valence-corrected chi connectivity index (χ3v) is 4.47. The first-order chi connectivity index (χ1) is 11.2. The Morgan fingerprint density at radius 2 is 1.71 bits per heavy atom. The number of anilines is 2. The highest BCUT2D eigenvalue weighted by Crippen LogP contribution is 2.38. The largest absolute Gasteiger partial charge is 0.477 e. The topological polar surface area (TPSA) is 74.7 Å². The van der Waals surface area contributed by atoms with Gasteiger partial charge in [-0.05, 0) is 12.1 Å². The number of carboxylic acids is 1. The van der Waals surface area contributed by atoms with E-state index in [2.05, 4.69) is 0 Å². The van der Waals surface area contributed by atoms with Gasteiger partial charge in [-0.2, -0.15) is 0 Å². The van der Waals surface area contributed by atoms with Gasteiger partial charge in [0.25, 0.3) is 0 Å². The molecule has 2 aromatic rings. The predicted octanol–water partition coefficient (Wildman–Crippen LogP) is 3.77. The fourth-order valence-corrected chi connectivity index (χ4v) is 3.00. The van der Waals surface area contributed by atoms with Crippen molar-refractivity contribution in [2.24, 2.45) is 0 Å². The van der Waals surface area contributed by atoms with E-state index < -0.39 is 45.6 Å². The molecular weight excluding hydrogens is 394 g/mol. The van der Waals surface area contributed by atoms with Crippen LogP contribution in [-0.4, -0.2) is 19.5 Å². The summed E-state index contributed by atoms with van der Waals surface area (Å²) in [5.41, 5.74) is -3.04. The summed E-state index contributed by atoms with van der Waals surface area (Å²) in [6.45, 7) is 0. The maximum Gasteiger partial charge on any atom is 0.341 e. The maximum atomic E-state index is 14.3. The van der Waals surface area contributed by atoms with Crippen LogP contribution in [0.4, 0.5) is 24.5 Å². The summed E-state index contributed by atoms with van der Waals surface area (Å²) in [4.78, 5) is 10.9. The fraction of sp³-hybridized carbons (Fsp3) is 0. The van der Waals surface area contributed by atoms with E-state index in [1.54, 1.807) is 0 Å². The van der Waals surface area contributed by atoms with Crippen molar-refractivity contribution in [3.8, 4) is 0 Å². The fourth-order valence-electron chi connectivity index (χ4n) is 1.89. The van der Waals surface area contributed by atoms with E-state index in [-0.39, 0.29) is 26.1 Å². The van der Waals surface area contributed by atoms with Gasteiger partial charge in [0.2, 0.25) is 10.9 Å². The molecule has 5 nitrogen and oxygen atoms in total. The molecule has 0 aliphatic carbocycles. The number of carbonyl (C=O) groups is 1. The molecule has 2 aromatic carbocycles. The number of hydrogen-bond donors (Lipinski definition) is 2. The van der Waals surface area contributed by atoms with Gasteiger partial charge in [0.15, 0.2) is 17.5 Å². The smallest absolute Gasteiger partial charge is 0.341 e. The van der Waals surface area contributed by atoms with Gasteiger partial charge in [-0.3, -0.25) is 0 Å². The zero-order valence-electron chi connectivity index (χ0n) is 11.3.